The van der Waals surface area contributed by atoms with E-state index in [2.05, 4.69) is 13.5 Å². The molecule has 0 aromatic heterocycles. The summed E-state index contributed by atoms with van der Waals surface area (Å²) < 4.78 is 0. The van der Waals surface area contributed by atoms with E-state index in [0.29, 0.717) is 0 Å². The quantitative estimate of drug-likeness (QED) is 0.167. The molecule has 1 heteroatoms. The van der Waals surface area contributed by atoms with Crippen LogP contribution in [0.3, 0.4) is 0 Å². The molecule has 0 heterocycles. The van der Waals surface area contributed by atoms with Gasteiger partial charge in [0.15, 0.2) is 0 Å². The van der Waals surface area contributed by atoms with Crippen molar-refractivity contribution in [2.24, 2.45) is 0 Å². The Morgan fingerprint density at radius 3 is 1.21 bits per heavy atom. The van der Waals surface area contributed by atoms with Gasteiger partial charge in [-0.3, -0.25) is 0 Å². The molecule has 118 valence electrons. The van der Waals surface area contributed by atoms with Gasteiger partial charge in [0.25, 0.3) is 0 Å². The molecule has 0 amide bonds. The van der Waals surface area contributed by atoms with Crippen LogP contribution in [0.4, 0.5) is 0 Å². The van der Waals surface area contributed by atoms with Crippen molar-refractivity contribution in [2.75, 3.05) is 0 Å². The fourth-order valence-electron chi connectivity index (χ4n) is 2.48. The summed E-state index contributed by atoms with van der Waals surface area (Å²) in [4.78, 5) is 0. The fraction of sp³-hybridized carbons (Fsp3) is 0.889. The molecular weight excluding hydrogens is 323 g/mol. The monoisotopic (exact) mass is 358 g/mol. The van der Waals surface area contributed by atoms with E-state index in [9.17, 15) is 0 Å². The van der Waals surface area contributed by atoms with Crippen LogP contribution in [-0.4, -0.2) is 0 Å². The molecule has 0 aromatic rings. The molecule has 0 saturated heterocycles. The zero-order valence-electron chi connectivity index (χ0n) is 13.2. The Morgan fingerprint density at radius 1 is 0.579 bits per heavy atom. The first-order valence-electron chi connectivity index (χ1n) is 8.52. The minimum Gasteiger partial charge on any atom is -0.103 e. The number of hydrogen-bond donors (Lipinski definition) is 0. The maximum Gasteiger partial charge on any atom is 0 e. The van der Waals surface area contributed by atoms with Gasteiger partial charge >= 0.3 is 0 Å². The minimum atomic E-state index is 0. The molecule has 0 aliphatic carbocycles. The van der Waals surface area contributed by atoms with E-state index < -0.39 is 0 Å². The van der Waals surface area contributed by atoms with Crippen LogP contribution < -0.4 is 0 Å². The summed E-state index contributed by atoms with van der Waals surface area (Å²) in [5.74, 6) is 0. The van der Waals surface area contributed by atoms with Crippen molar-refractivity contribution >= 4 is 0 Å². The van der Waals surface area contributed by atoms with E-state index in [0.717, 1.165) is 0 Å². The zero-order chi connectivity index (χ0) is 13.3. The second-order valence-corrected chi connectivity index (χ2v) is 5.67. The SMILES string of the molecule is C=CCCCCCCCCCCCCCCCC.[Pd]. The summed E-state index contributed by atoms with van der Waals surface area (Å²) in [5, 5.41) is 0. The van der Waals surface area contributed by atoms with E-state index in [1.54, 1.807) is 0 Å². The Hall–Kier alpha value is 0.402. The number of hydrogen-bond acceptors (Lipinski definition) is 0. The molecule has 0 bridgehead atoms. The van der Waals surface area contributed by atoms with Gasteiger partial charge in [-0.05, 0) is 12.8 Å². The van der Waals surface area contributed by atoms with Crippen molar-refractivity contribution in [1.29, 1.82) is 0 Å². The molecule has 0 nitrogen and oxygen atoms in total. The van der Waals surface area contributed by atoms with Crippen molar-refractivity contribution in [3.05, 3.63) is 12.7 Å². The van der Waals surface area contributed by atoms with Gasteiger partial charge < -0.3 is 0 Å². The first kappa shape index (κ1) is 21.7. The van der Waals surface area contributed by atoms with E-state index >= 15 is 0 Å². The molecule has 0 spiro atoms. The first-order chi connectivity index (χ1) is 8.91. The average molecular weight is 359 g/mol. The minimum absolute atomic E-state index is 0. The normalized spacial score (nSPS) is 10.2. The third kappa shape index (κ3) is 20.9. The molecule has 19 heavy (non-hydrogen) atoms. The van der Waals surface area contributed by atoms with Crippen molar-refractivity contribution in [2.45, 2.75) is 103 Å². The zero-order valence-corrected chi connectivity index (χ0v) is 14.8. The van der Waals surface area contributed by atoms with Crippen molar-refractivity contribution in [3.8, 4) is 0 Å². The number of rotatable bonds is 15. The van der Waals surface area contributed by atoms with Gasteiger partial charge in [-0.1, -0.05) is 96.5 Å². The van der Waals surface area contributed by atoms with Gasteiger partial charge in [0.2, 0.25) is 0 Å². The summed E-state index contributed by atoms with van der Waals surface area (Å²) in [7, 11) is 0. The predicted molar refractivity (Wildman–Crippen MR) is 85.1 cm³/mol. The van der Waals surface area contributed by atoms with Gasteiger partial charge in [0, 0.05) is 20.4 Å². The summed E-state index contributed by atoms with van der Waals surface area (Å²) in [6, 6.07) is 0. The van der Waals surface area contributed by atoms with Gasteiger partial charge in [0.05, 0.1) is 0 Å². The molecule has 0 atom stereocenters. The van der Waals surface area contributed by atoms with Crippen LogP contribution in [0.5, 0.6) is 0 Å². The molecule has 0 N–H and O–H groups in total. The van der Waals surface area contributed by atoms with E-state index in [4.69, 9.17) is 0 Å². The topological polar surface area (TPSA) is 0 Å². The van der Waals surface area contributed by atoms with Crippen LogP contribution in [0.2, 0.25) is 0 Å². The molecule has 0 saturated carbocycles. The van der Waals surface area contributed by atoms with E-state index in [1.807, 2.05) is 6.08 Å². The first-order valence-corrected chi connectivity index (χ1v) is 8.52. The summed E-state index contributed by atoms with van der Waals surface area (Å²) in [6.45, 7) is 6.05. The Labute approximate surface area is 136 Å². The van der Waals surface area contributed by atoms with Crippen LogP contribution >= 0.6 is 0 Å². The van der Waals surface area contributed by atoms with E-state index in [-0.39, 0.29) is 20.4 Å². The maximum atomic E-state index is 3.76. The molecule has 0 unspecified atom stereocenters. The molecule has 0 aromatic carbocycles. The summed E-state index contributed by atoms with van der Waals surface area (Å²) >= 11 is 0. The van der Waals surface area contributed by atoms with Crippen LogP contribution in [-0.2, 0) is 20.4 Å². The van der Waals surface area contributed by atoms with Crippen molar-refractivity contribution in [1.82, 2.24) is 0 Å². The summed E-state index contributed by atoms with van der Waals surface area (Å²) in [5.41, 5.74) is 0. The third-order valence-electron chi connectivity index (χ3n) is 3.76. The molecule has 0 aliphatic heterocycles. The van der Waals surface area contributed by atoms with Gasteiger partial charge in [-0.25, -0.2) is 0 Å². The third-order valence-corrected chi connectivity index (χ3v) is 3.76. The molecule has 0 radical (unpaired) electrons. The van der Waals surface area contributed by atoms with Crippen LogP contribution in [0.15, 0.2) is 12.7 Å². The molecular formula is C18H36Pd. The largest absolute Gasteiger partial charge is 0.103 e. The second-order valence-electron chi connectivity index (χ2n) is 5.67. The smallest absolute Gasteiger partial charge is 0 e. The number of unbranched alkanes of at least 4 members (excludes halogenated alkanes) is 14. The van der Waals surface area contributed by atoms with Gasteiger partial charge in [0.1, 0.15) is 0 Å². The predicted octanol–water partition coefficient (Wildman–Crippen LogP) is 7.04. The summed E-state index contributed by atoms with van der Waals surface area (Å²) in [6.07, 6.45) is 23.5. The number of allylic oxidation sites excluding steroid dienone is 1. The van der Waals surface area contributed by atoms with Crippen molar-refractivity contribution in [3.63, 3.8) is 0 Å². The van der Waals surface area contributed by atoms with Crippen LogP contribution in [0.25, 0.3) is 0 Å². The van der Waals surface area contributed by atoms with Crippen LogP contribution in [0, 0.1) is 0 Å². The Balaban J connectivity index is 0. The Kier molecular flexibility index (Phi) is 23.7. The second kappa shape index (κ2) is 20.7. The molecule has 0 fully saturated rings. The van der Waals surface area contributed by atoms with Gasteiger partial charge in [-0.2, -0.15) is 0 Å². The van der Waals surface area contributed by atoms with Crippen LogP contribution in [0.1, 0.15) is 103 Å². The Morgan fingerprint density at radius 2 is 0.895 bits per heavy atom. The van der Waals surface area contributed by atoms with Gasteiger partial charge in [-0.15, -0.1) is 6.58 Å². The standard InChI is InChI=1S/C18H36.Pd/c1-3-5-7-9-11-13-15-17-18-16-14-12-10-8-6-4-2;/h3H,1,4-18H2,2H3;. The Bertz CT molecular complexity index is 154. The fourth-order valence-corrected chi connectivity index (χ4v) is 2.48. The maximum absolute atomic E-state index is 3.76. The van der Waals surface area contributed by atoms with E-state index in [1.165, 1.54) is 96.3 Å². The average Bonchev–Trinajstić information content (AvgIpc) is 2.39. The van der Waals surface area contributed by atoms with Crippen molar-refractivity contribution < 1.29 is 20.4 Å². The molecule has 0 rings (SSSR count). The molecule has 0 aliphatic rings.